The molecule has 5 nitrogen and oxygen atoms in total. The molecule has 0 spiro atoms. The summed E-state index contributed by atoms with van der Waals surface area (Å²) in [6.07, 6.45) is 6.41. The van der Waals surface area contributed by atoms with E-state index < -0.39 is 0 Å². The summed E-state index contributed by atoms with van der Waals surface area (Å²) < 4.78 is 2.00. The fraction of sp³-hybridized carbons (Fsp3) is 0. The van der Waals surface area contributed by atoms with Crippen LogP contribution in [0.3, 0.4) is 0 Å². The van der Waals surface area contributed by atoms with Gasteiger partial charge in [-0.1, -0.05) is 42.5 Å². The Labute approximate surface area is 150 Å². The molecule has 126 valence electrons. The molecule has 26 heavy (non-hydrogen) atoms. The fourth-order valence-electron chi connectivity index (χ4n) is 2.83. The zero-order valence-electron chi connectivity index (χ0n) is 13.9. The van der Waals surface area contributed by atoms with Crippen molar-refractivity contribution < 1.29 is 4.79 Å². The first-order valence-corrected chi connectivity index (χ1v) is 8.22. The van der Waals surface area contributed by atoms with Crippen molar-refractivity contribution in [3.8, 4) is 5.82 Å². The molecule has 5 heteroatoms. The van der Waals surface area contributed by atoms with Crippen LogP contribution in [0.2, 0.25) is 0 Å². The molecule has 0 saturated carbocycles. The molecule has 2 aromatic carbocycles. The normalized spacial score (nSPS) is 11.1. The second kappa shape index (κ2) is 7.03. The van der Waals surface area contributed by atoms with E-state index in [1.165, 1.54) is 0 Å². The predicted octanol–water partition coefficient (Wildman–Crippen LogP) is 4.16. The second-order valence-electron chi connectivity index (χ2n) is 5.70. The van der Waals surface area contributed by atoms with Crippen molar-refractivity contribution in [1.29, 1.82) is 0 Å². The van der Waals surface area contributed by atoms with Gasteiger partial charge >= 0.3 is 0 Å². The summed E-state index contributed by atoms with van der Waals surface area (Å²) in [4.78, 5) is 19.9. The minimum absolute atomic E-state index is 0.660. The molecule has 4 rings (SSSR count). The minimum atomic E-state index is 0.660. The Kier molecular flexibility index (Phi) is 4.26. The van der Waals surface area contributed by atoms with E-state index in [0.717, 1.165) is 28.2 Å². The summed E-state index contributed by atoms with van der Waals surface area (Å²) in [6.45, 7) is 0. The number of carbonyl (C=O) groups excluding carboxylic acids is 1. The maximum absolute atomic E-state index is 10.7. The lowest BCUT2D eigenvalue weighted by Gasteiger charge is -2.06. The fourth-order valence-corrected chi connectivity index (χ4v) is 2.83. The smallest absolute Gasteiger partial charge is 0.211 e. The summed E-state index contributed by atoms with van der Waals surface area (Å²) >= 11 is 0. The number of carbonyl (C=O) groups is 1. The van der Waals surface area contributed by atoms with Crippen molar-refractivity contribution in [3.63, 3.8) is 0 Å². The van der Waals surface area contributed by atoms with E-state index in [2.05, 4.69) is 10.3 Å². The van der Waals surface area contributed by atoms with E-state index >= 15 is 0 Å². The number of imidazole rings is 1. The van der Waals surface area contributed by atoms with E-state index in [1.807, 2.05) is 83.4 Å². The summed E-state index contributed by atoms with van der Waals surface area (Å²) in [6, 6.07) is 21.5. The van der Waals surface area contributed by atoms with Gasteiger partial charge in [-0.3, -0.25) is 9.36 Å². The Morgan fingerprint density at radius 2 is 1.77 bits per heavy atom. The van der Waals surface area contributed by atoms with Gasteiger partial charge < -0.3 is 5.32 Å². The van der Waals surface area contributed by atoms with Gasteiger partial charge in [0.25, 0.3) is 0 Å². The van der Waals surface area contributed by atoms with E-state index in [1.54, 1.807) is 6.20 Å². The van der Waals surface area contributed by atoms with Crippen LogP contribution in [0.25, 0.3) is 29.0 Å². The Morgan fingerprint density at radius 3 is 2.54 bits per heavy atom. The lowest BCUT2D eigenvalue weighted by Crippen LogP contribution is -1.99. The third kappa shape index (κ3) is 3.10. The van der Waals surface area contributed by atoms with Gasteiger partial charge in [0.05, 0.1) is 11.0 Å². The molecular weight excluding hydrogens is 324 g/mol. The number of hydrogen-bond acceptors (Lipinski definition) is 3. The largest absolute Gasteiger partial charge is 0.329 e. The quantitative estimate of drug-likeness (QED) is 0.555. The van der Waals surface area contributed by atoms with Crippen LogP contribution in [0.15, 0.2) is 72.9 Å². The molecule has 0 aliphatic carbocycles. The Balaban J connectivity index is 1.87. The van der Waals surface area contributed by atoms with Gasteiger partial charge in [0.2, 0.25) is 6.41 Å². The van der Waals surface area contributed by atoms with Crippen LogP contribution in [0, 0.1) is 0 Å². The highest BCUT2D eigenvalue weighted by molar-refractivity contribution is 5.86. The van der Waals surface area contributed by atoms with Crippen LogP contribution in [0.4, 0.5) is 5.69 Å². The zero-order valence-corrected chi connectivity index (χ0v) is 13.9. The topological polar surface area (TPSA) is 59.8 Å². The van der Waals surface area contributed by atoms with Crippen molar-refractivity contribution in [1.82, 2.24) is 14.5 Å². The van der Waals surface area contributed by atoms with Crippen molar-refractivity contribution in [2.24, 2.45) is 0 Å². The SMILES string of the molecule is O=CNc1ccc2c(c1)nc(/C=C/c1ccccc1)n2-c1ccccn1. The molecule has 1 N–H and O–H groups in total. The van der Waals surface area contributed by atoms with Crippen molar-refractivity contribution in [2.75, 3.05) is 5.32 Å². The zero-order chi connectivity index (χ0) is 17.8. The molecule has 0 radical (unpaired) electrons. The Bertz CT molecular complexity index is 1070. The number of benzene rings is 2. The number of nitrogens with one attached hydrogen (secondary N) is 1. The average Bonchev–Trinajstić information content (AvgIpc) is 3.06. The van der Waals surface area contributed by atoms with Crippen molar-refractivity contribution in [2.45, 2.75) is 0 Å². The number of anilines is 1. The van der Waals surface area contributed by atoms with Gasteiger partial charge in [-0.05, 0) is 42.0 Å². The first kappa shape index (κ1) is 15.8. The Hall–Kier alpha value is -3.73. The standard InChI is InChI=1S/C21H16N4O/c26-15-23-17-10-11-19-18(14-17)24-21(12-9-16-6-2-1-3-7-16)25(19)20-8-4-5-13-22-20/h1-15H,(H,23,26)/b12-9+. The molecule has 4 aromatic rings. The minimum Gasteiger partial charge on any atom is -0.329 e. The van der Waals surface area contributed by atoms with E-state index in [4.69, 9.17) is 4.98 Å². The maximum Gasteiger partial charge on any atom is 0.211 e. The molecule has 1 amide bonds. The van der Waals surface area contributed by atoms with Crippen LogP contribution < -0.4 is 5.32 Å². The molecule has 2 heterocycles. The molecular formula is C21H16N4O. The summed E-state index contributed by atoms with van der Waals surface area (Å²) in [5, 5.41) is 2.66. The highest BCUT2D eigenvalue weighted by Gasteiger charge is 2.12. The highest BCUT2D eigenvalue weighted by atomic mass is 16.1. The van der Waals surface area contributed by atoms with Crippen LogP contribution in [-0.2, 0) is 4.79 Å². The summed E-state index contributed by atoms with van der Waals surface area (Å²) in [5.41, 5.74) is 3.51. The number of aromatic nitrogens is 3. The molecule has 0 bridgehead atoms. The number of fused-ring (bicyclic) bond motifs is 1. The number of hydrogen-bond donors (Lipinski definition) is 1. The molecule has 0 unspecified atom stereocenters. The lowest BCUT2D eigenvalue weighted by molar-refractivity contribution is -0.105. The predicted molar refractivity (Wildman–Crippen MR) is 104 cm³/mol. The summed E-state index contributed by atoms with van der Waals surface area (Å²) in [5.74, 6) is 1.56. The van der Waals surface area contributed by atoms with Crippen molar-refractivity contribution in [3.05, 3.63) is 84.3 Å². The van der Waals surface area contributed by atoms with E-state index in [9.17, 15) is 4.79 Å². The average molecular weight is 340 g/mol. The van der Waals surface area contributed by atoms with Gasteiger partial charge in [0, 0.05) is 11.9 Å². The molecule has 0 aliphatic heterocycles. The monoisotopic (exact) mass is 340 g/mol. The first-order chi connectivity index (χ1) is 12.8. The number of rotatable bonds is 5. The van der Waals surface area contributed by atoms with Gasteiger partial charge in [0.15, 0.2) is 0 Å². The van der Waals surface area contributed by atoms with Crippen LogP contribution in [0.1, 0.15) is 11.4 Å². The number of nitrogens with zero attached hydrogens (tertiary/aromatic N) is 3. The van der Waals surface area contributed by atoms with Crippen LogP contribution in [0.5, 0.6) is 0 Å². The van der Waals surface area contributed by atoms with Crippen LogP contribution in [-0.4, -0.2) is 20.9 Å². The molecule has 0 saturated heterocycles. The van der Waals surface area contributed by atoms with E-state index in [0.29, 0.717) is 12.1 Å². The number of amides is 1. The van der Waals surface area contributed by atoms with Gasteiger partial charge in [-0.2, -0.15) is 0 Å². The van der Waals surface area contributed by atoms with Crippen molar-refractivity contribution >= 4 is 35.3 Å². The molecule has 0 atom stereocenters. The van der Waals surface area contributed by atoms with Gasteiger partial charge in [-0.25, -0.2) is 9.97 Å². The Morgan fingerprint density at radius 1 is 0.923 bits per heavy atom. The molecule has 0 aliphatic rings. The van der Waals surface area contributed by atoms with Gasteiger partial charge in [0.1, 0.15) is 11.6 Å². The van der Waals surface area contributed by atoms with Gasteiger partial charge in [-0.15, -0.1) is 0 Å². The highest BCUT2D eigenvalue weighted by Crippen LogP contribution is 2.24. The first-order valence-electron chi connectivity index (χ1n) is 8.22. The van der Waals surface area contributed by atoms with Crippen LogP contribution >= 0.6 is 0 Å². The molecule has 2 aromatic heterocycles. The third-order valence-corrected chi connectivity index (χ3v) is 4.01. The molecule has 0 fully saturated rings. The lowest BCUT2D eigenvalue weighted by atomic mass is 10.2. The second-order valence-corrected chi connectivity index (χ2v) is 5.70. The summed E-state index contributed by atoms with van der Waals surface area (Å²) in [7, 11) is 0. The third-order valence-electron chi connectivity index (χ3n) is 4.01. The number of pyridine rings is 1. The maximum atomic E-state index is 10.7. The van der Waals surface area contributed by atoms with E-state index in [-0.39, 0.29) is 0 Å².